The second kappa shape index (κ2) is 6.49. The van der Waals surface area contributed by atoms with E-state index in [1.165, 1.54) is 28.4 Å². The standard InChI is InChI=1S/C11H16N4O3S2/c1-7(2)14-5-12-13-11(14)20-4-9(16)15-6-19-3-8(15)10(17)18/h5,7-8H,3-4,6H2,1-2H3,(H,17,18)/t8-/m0/s1. The lowest BCUT2D eigenvalue weighted by atomic mass is 10.3. The molecule has 7 nitrogen and oxygen atoms in total. The van der Waals surface area contributed by atoms with E-state index in [2.05, 4.69) is 10.2 Å². The minimum atomic E-state index is -0.946. The molecule has 1 N–H and O–H groups in total. The van der Waals surface area contributed by atoms with E-state index in [0.29, 0.717) is 16.8 Å². The molecule has 1 aromatic rings. The Morgan fingerprint density at radius 1 is 1.60 bits per heavy atom. The molecule has 1 fully saturated rings. The molecule has 2 heterocycles. The van der Waals surface area contributed by atoms with Gasteiger partial charge in [-0.1, -0.05) is 11.8 Å². The van der Waals surface area contributed by atoms with Gasteiger partial charge in [-0.3, -0.25) is 4.79 Å². The van der Waals surface area contributed by atoms with Crippen LogP contribution in [0.5, 0.6) is 0 Å². The van der Waals surface area contributed by atoms with Gasteiger partial charge >= 0.3 is 5.97 Å². The molecule has 0 radical (unpaired) electrons. The minimum Gasteiger partial charge on any atom is -0.480 e. The third-order valence-electron chi connectivity index (χ3n) is 2.91. The van der Waals surface area contributed by atoms with Crippen molar-refractivity contribution in [2.24, 2.45) is 0 Å². The molecule has 1 amide bonds. The largest absolute Gasteiger partial charge is 0.480 e. The number of thioether (sulfide) groups is 2. The third-order valence-corrected chi connectivity index (χ3v) is 4.86. The highest BCUT2D eigenvalue weighted by Crippen LogP contribution is 2.24. The summed E-state index contributed by atoms with van der Waals surface area (Å²) in [7, 11) is 0. The van der Waals surface area contributed by atoms with Crippen LogP contribution in [0.4, 0.5) is 0 Å². The topological polar surface area (TPSA) is 88.3 Å². The average molecular weight is 316 g/mol. The highest BCUT2D eigenvalue weighted by molar-refractivity contribution is 8.00. The first-order valence-corrected chi connectivity index (χ1v) is 8.27. The summed E-state index contributed by atoms with van der Waals surface area (Å²) in [6, 6.07) is -0.493. The summed E-state index contributed by atoms with van der Waals surface area (Å²) in [5.41, 5.74) is 0. The number of amides is 1. The quantitative estimate of drug-likeness (QED) is 0.809. The highest BCUT2D eigenvalue weighted by Gasteiger charge is 2.34. The van der Waals surface area contributed by atoms with Gasteiger partial charge in [-0.2, -0.15) is 0 Å². The summed E-state index contributed by atoms with van der Waals surface area (Å²) in [5, 5.41) is 17.5. The lowest BCUT2D eigenvalue weighted by Gasteiger charge is -2.20. The Kier molecular flexibility index (Phi) is 4.92. The number of nitrogens with zero attached hydrogens (tertiary/aromatic N) is 4. The van der Waals surface area contributed by atoms with E-state index in [-0.39, 0.29) is 17.7 Å². The lowest BCUT2D eigenvalue weighted by Crippen LogP contribution is -2.42. The smallest absolute Gasteiger partial charge is 0.327 e. The van der Waals surface area contributed by atoms with E-state index >= 15 is 0 Å². The van der Waals surface area contributed by atoms with Crippen molar-refractivity contribution in [3.8, 4) is 0 Å². The second-order valence-corrected chi connectivity index (χ2v) is 6.56. The molecule has 0 unspecified atom stereocenters. The van der Waals surface area contributed by atoms with E-state index < -0.39 is 12.0 Å². The van der Waals surface area contributed by atoms with Gasteiger partial charge in [-0.05, 0) is 13.8 Å². The molecule has 1 aliphatic heterocycles. The molecule has 2 rings (SSSR count). The molecule has 0 aromatic carbocycles. The van der Waals surface area contributed by atoms with Gasteiger partial charge in [0.05, 0.1) is 11.6 Å². The first-order chi connectivity index (χ1) is 9.50. The Hall–Kier alpha value is -1.22. The van der Waals surface area contributed by atoms with Crippen LogP contribution in [-0.2, 0) is 9.59 Å². The number of carbonyl (C=O) groups is 2. The van der Waals surface area contributed by atoms with E-state index in [1.807, 2.05) is 18.4 Å². The molecule has 1 saturated heterocycles. The molecule has 1 aliphatic rings. The number of hydrogen-bond acceptors (Lipinski definition) is 6. The van der Waals surface area contributed by atoms with Crippen molar-refractivity contribution in [2.45, 2.75) is 31.1 Å². The lowest BCUT2D eigenvalue weighted by molar-refractivity contribution is -0.146. The molecule has 110 valence electrons. The Morgan fingerprint density at radius 2 is 2.35 bits per heavy atom. The average Bonchev–Trinajstić information content (AvgIpc) is 3.04. The van der Waals surface area contributed by atoms with Crippen LogP contribution in [0.15, 0.2) is 11.5 Å². The molecule has 9 heteroatoms. The maximum absolute atomic E-state index is 12.1. The van der Waals surface area contributed by atoms with Crippen molar-refractivity contribution in [2.75, 3.05) is 17.4 Å². The number of carboxylic acid groups (broad SMARTS) is 1. The van der Waals surface area contributed by atoms with Crippen LogP contribution in [-0.4, -0.2) is 60.1 Å². The molecular weight excluding hydrogens is 300 g/mol. The number of hydrogen-bond donors (Lipinski definition) is 1. The Balaban J connectivity index is 1.95. The molecule has 0 spiro atoms. The first kappa shape index (κ1) is 15.2. The Bertz CT molecular complexity index is 506. The third kappa shape index (κ3) is 3.26. The number of aliphatic carboxylic acids is 1. The van der Waals surface area contributed by atoms with Crippen molar-refractivity contribution < 1.29 is 14.7 Å². The summed E-state index contributed by atoms with van der Waals surface area (Å²) in [6.45, 7) is 4.01. The molecule has 1 atom stereocenters. The number of carboxylic acids is 1. The number of aromatic nitrogens is 3. The van der Waals surface area contributed by atoms with Crippen molar-refractivity contribution in [1.29, 1.82) is 0 Å². The molecule has 1 aromatic heterocycles. The molecule has 0 aliphatic carbocycles. The zero-order valence-electron chi connectivity index (χ0n) is 11.2. The van der Waals surface area contributed by atoms with Gasteiger partial charge in [-0.25, -0.2) is 4.79 Å². The maximum atomic E-state index is 12.1. The van der Waals surface area contributed by atoms with Gasteiger partial charge in [0.2, 0.25) is 5.91 Å². The Morgan fingerprint density at radius 3 is 3.00 bits per heavy atom. The predicted molar refractivity (Wildman–Crippen MR) is 76.7 cm³/mol. The summed E-state index contributed by atoms with van der Waals surface area (Å²) < 4.78 is 1.88. The van der Waals surface area contributed by atoms with Gasteiger partial charge in [0.15, 0.2) is 5.16 Å². The van der Waals surface area contributed by atoms with Crippen LogP contribution in [0.2, 0.25) is 0 Å². The predicted octanol–water partition coefficient (Wildman–Crippen LogP) is 0.937. The van der Waals surface area contributed by atoms with E-state index in [1.54, 1.807) is 6.33 Å². The van der Waals surface area contributed by atoms with Crippen molar-refractivity contribution >= 4 is 35.4 Å². The fourth-order valence-electron chi connectivity index (χ4n) is 1.79. The first-order valence-electron chi connectivity index (χ1n) is 6.13. The highest BCUT2D eigenvalue weighted by atomic mass is 32.2. The SMILES string of the molecule is CC(C)n1cnnc1SCC(=O)N1CSC[C@H]1C(=O)O. The van der Waals surface area contributed by atoms with Crippen molar-refractivity contribution in [3.63, 3.8) is 0 Å². The summed E-state index contributed by atoms with van der Waals surface area (Å²) in [6.07, 6.45) is 1.63. The zero-order valence-corrected chi connectivity index (χ0v) is 12.9. The normalized spacial score (nSPS) is 18.8. The van der Waals surface area contributed by atoms with Crippen LogP contribution in [0.3, 0.4) is 0 Å². The molecule has 0 saturated carbocycles. The van der Waals surface area contributed by atoms with Crippen LogP contribution >= 0.6 is 23.5 Å². The van der Waals surface area contributed by atoms with Crippen LogP contribution in [0.25, 0.3) is 0 Å². The summed E-state index contributed by atoms with van der Waals surface area (Å²) in [5.74, 6) is -0.0546. The van der Waals surface area contributed by atoms with E-state index in [4.69, 9.17) is 5.11 Å². The molecule has 20 heavy (non-hydrogen) atoms. The van der Waals surface area contributed by atoms with Crippen LogP contribution in [0.1, 0.15) is 19.9 Å². The van der Waals surface area contributed by atoms with Gasteiger partial charge in [0.25, 0.3) is 0 Å². The maximum Gasteiger partial charge on any atom is 0.327 e. The van der Waals surface area contributed by atoms with Crippen molar-refractivity contribution in [1.82, 2.24) is 19.7 Å². The Labute approximate surface area is 125 Å². The van der Waals surface area contributed by atoms with Crippen LogP contribution < -0.4 is 0 Å². The zero-order chi connectivity index (χ0) is 14.7. The van der Waals surface area contributed by atoms with Gasteiger partial charge in [-0.15, -0.1) is 22.0 Å². The van der Waals surface area contributed by atoms with Gasteiger partial charge in [0, 0.05) is 11.8 Å². The fraction of sp³-hybridized carbons (Fsp3) is 0.636. The molecule has 0 bridgehead atoms. The monoisotopic (exact) mass is 316 g/mol. The summed E-state index contributed by atoms with van der Waals surface area (Å²) in [4.78, 5) is 24.6. The van der Waals surface area contributed by atoms with E-state index in [9.17, 15) is 9.59 Å². The van der Waals surface area contributed by atoms with Gasteiger partial charge < -0.3 is 14.6 Å². The summed E-state index contributed by atoms with van der Waals surface area (Å²) >= 11 is 2.75. The number of rotatable bonds is 5. The molecular formula is C11H16N4O3S2. The fourth-order valence-corrected chi connectivity index (χ4v) is 3.89. The van der Waals surface area contributed by atoms with Crippen molar-refractivity contribution in [3.05, 3.63) is 6.33 Å². The minimum absolute atomic E-state index is 0.175. The second-order valence-electron chi connectivity index (χ2n) is 4.62. The van der Waals surface area contributed by atoms with E-state index in [0.717, 1.165) is 0 Å². The van der Waals surface area contributed by atoms with Gasteiger partial charge in [0.1, 0.15) is 12.4 Å². The van der Waals surface area contributed by atoms with Crippen LogP contribution in [0, 0.1) is 0 Å². The number of carbonyl (C=O) groups excluding carboxylic acids is 1.